The van der Waals surface area contributed by atoms with Crippen molar-refractivity contribution in [2.75, 3.05) is 12.0 Å². The van der Waals surface area contributed by atoms with Crippen LogP contribution >= 0.6 is 11.3 Å². The lowest BCUT2D eigenvalue weighted by atomic mass is 9.84. The normalized spacial score (nSPS) is 17.6. The van der Waals surface area contributed by atoms with E-state index in [2.05, 4.69) is 41.5 Å². The Labute approximate surface area is 238 Å². The van der Waals surface area contributed by atoms with Crippen LogP contribution in [0, 0.1) is 0 Å². The van der Waals surface area contributed by atoms with Gasteiger partial charge in [-0.05, 0) is 51.8 Å². The Kier molecular flexibility index (Phi) is 6.83. The molecule has 5 rings (SSSR count). The summed E-state index contributed by atoms with van der Waals surface area (Å²) in [6.45, 7) is 12.6. The number of nitrogens with zero attached hydrogens (tertiary/aromatic N) is 2. The second-order valence-corrected chi connectivity index (χ2v) is 13.2. The van der Waals surface area contributed by atoms with Crippen LogP contribution in [0.1, 0.15) is 69.8 Å². The van der Waals surface area contributed by atoms with Crippen LogP contribution in [0.3, 0.4) is 0 Å². The smallest absolute Gasteiger partial charge is 0.301 e. The Hall–Kier alpha value is -3.97. The first-order valence-corrected chi connectivity index (χ1v) is 14.1. The number of carbonyl (C=O) groups is 2. The van der Waals surface area contributed by atoms with Crippen LogP contribution in [0.25, 0.3) is 16.0 Å². The van der Waals surface area contributed by atoms with Crippen LogP contribution in [0.5, 0.6) is 5.75 Å². The zero-order valence-corrected chi connectivity index (χ0v) is 24.7. The number of aliphatic hydroxyl groups is 1. The number of amides is 1. The van der Waals surface area contributed by atoms with E-state index >= 15 is 0 Å². The molecule has 4 aromatic rings. The number of hydrogen-bond acceptors (Lipinski definition) is 6. The lowest BCUT2D eigenvalue weighted by Gasteiger charge is -2.25. The highest BCUT2D eigenvalue weighted by molar-refractivity contribution is 7.22. The zero-order chi connectivity index (χ0) is 29.0. The van der Waals surface area contributed by atoms with Gasteiger partial charge in [0.25, 0.3) is 5.78 Å². The van der Waals surface area contributed by atoms with Crippen LogP contribution < -0.4 is 9.64 Å². The Bertz CT molecular complexity index is 1620. The van der Waals surface area contributed by atoms with Crippen molar-refractivity contribution < 1.29 is 19.4 Å². The van der Waals surface area contributed by atoms with E-state index in [4.69, 9.17) is 9.72 Å². The van der Waals surface area contributed by atoms with E-state index < -0.39 is 17.7 Å². The Morgan fingerprint density at radius 3 is 2.12 bits per heavy atom. The van der Waals surface area contributed by atoms with Crippen LogP contribution in [0.2, 0.25) is 0 Å². The number of benzene rings is 3. The maximum Gasteiger partial charge on any atom is 0.301 e. The van der Waals surface area contributed by atoms with Crippen molar-refractivity contribution in [2.24, 2.45) is 0 Å². The van der Waals surface area contributed by atoms with E-state index in [1.165, 1.54) is 23.3 Å². The van der Waals surface area contributed by atoms with E-state index in [0.717, 1.165) is 21.3 Å². The van der Waals surface area contributed by atoms with E-state index in [9.17, 15) is 14.7 Å². The van der Waals surface area contributed by atoms with Crippen molar-refractivity contribution in [3.8, 4) is 5.75 Å². The van der Waals surface area contributed by atoms with Gasteiger partial charge in [0.05, 0.1) is 34.5 Å². The van der Waals surface area contributed by atoms with Gasteiger partial charge in [0.15, 0.2) is 5.13 Å². The molecular weight excluding hydrogens is 520 g/mol. The highest BCUT2D eigenvalue weighted by Crippen LogP contribution is 2.45. The minimum absolute atomic E-state index is 0.0112. The largest absolute Gasteiger partial charge is 0.507 e. The topological polar surface area (TPSA) is 79.7 Å². The van der Waals surface area contributed by atoms with Gasteiger partial charge < -0.3 is 9.84 Å². The van der Waals surface area contributed by atoms with Gasteiger partial charge in [-0.15, -0.1) is 0 Å². The van der Waals surface area contributed by atoms with Crippen molar-refractivity contribution in [2.45, 2.75) is 58.4 Å². The van der Waals surface area contributed by atoms with Gasteiger partial charge in [0, 0.05) is 0 Å². The molecule has 3 aromatic carbocycles. The highest BCUT2D eigenvalue weighted by Gasteiger charge is 2.48. The van der Waals surface area contributed by atoms with Gasteiger partial charge in [-0.25, -0.2) is 4.98 Å². The fourth-order valence-corrected chi connectivity index (χ4v) is 5.97. The first-order valence-electron chi connectivity index (χ1n) is 13.3. The number of aromatic nitrogens is 1. The third kappa shape index (κ3) is 4.79. The molecule has 1 aromatic heterocycles. The number of aliphatic hydroxyl groups excluding tert-OH is 1. The Morgan fingerprint density at radius 1 is 0.900 bits per heavy atom. The Balaban J connectivity index is 1.76. The standard InChI is InChI=1S/C33H34N2O4S/c1-32(2,3)20-14-12-19(13-15-20)27-26(28(36)22-18-21(33(4,5)6)16-17-24(22)39-7)29(37)30(38)35(27)31-34-23-10-8-9-11-25(23)40-31/h8-18,27,36H,1-7H3/b28-26+. The first kappa shape index (κ1) is 27.6. The molecule has 40 heavy (non-hydrogen) atoms. The van der Waals surface area contributed by atoms with Crippen molar-refractivity contribution in [1.82, 2.24) is 4.98 Å². The summed E-state index contributed by atoms with van der Waals surface area (Å²) in [4.78, 5) is 33.5. The van der Waals surface area contributed by atoms with Crippen LogP contribution in [-0.4, -0.2) is 28.9 Å². The molecule has 1 aliphatic heterocycles. The molecule has 0 radical (unpaired) electrons. The number of ketones is 1. The minimum atomic E-state index is -0.863. The number of rotatable bonds is 4. The molecular formula is C33H34N2O4S. The SMILES string of the molecule is COc1ccc(C(C)(C)C)cc1/C(O)=C1\C(=O)C(=O)N(c2nc3ccccc3s2)C1c1ccc(C(C)(C)C)cc1. The van der Waals surface area contributed by atoms with Crippen LogP contribution in [0.15, 0.2) is 72.3 Å². The molecule has 0 saturated carbocycles. The summed E-state index contributed by atoms with van der Waals surface area (Å²) in [6.07, 6.45) is 0. The van der Waals surface area contributed by atoms with Crippen molar-refractivity contribution >= 4 is 44.1 Å². The Morgan fingerprint density at radius 2 is 1.52 bits per heavy atom. The third-order valence-corrected chi connectivity index (χ3v) is 8.38. The minimum Gasteiger partial charge on any atom is -0.507 e. The molecule has 0 aliphatic carbocycles. The maximum atomic E-state index is 13.7. The van der Waals surface area contributed by atoms with Crippen molar-refractivity contribution in [3.63, 3.8) is 0 Å². The average Bonchev–Trinajstić information content (AvgIpc) is 3.45. The number of para-hydroxylation sites is 1. The molecule has 6 nitrogen and oxygen atoms in total. The number of Topliss-reactive ketones (excluding diaryl/α,β-unsaturated/α-hetero) is 1. The number of thiazole rings is 1. The quantitative estimate of drug-likeness (QED) is 0.160. The molecule has 7 heteroatoms. The molecule has 1 saturated heterocycles. The lowest BCUT2D eigenvalue weighted by Crippen LogP contribution is -2.29. The van der Waals surface area contributed by atoms with E-state index in [1.54, 1.807) is 6.07 Å². The van der Waals surface area contributed by atoms with Gasteiger partial charge in [-0.2, -0.15) is 0 Å². The van der Waals surface area contributed by atoms with Gasteiger partial charge in [-0.1, -0.05) is 95.3 Å². The van der Waals surface area contributed by atoms with Crippen LogP contribution in [0.4, 0.5) is 5.13 Å². The number of fused-ring (bicyclic) bond motifs is 1. The first-order chi connectivity index (χ1) is 18.8. The molecule has 0 bridgehead atoms. The predicted molar refractivity (Wildman–Crippen MR) is 161 cm³/mol. The molecule has 2 heterocycles. The third-order valence-electron chi connectivity index (χ3n) is 7.35. The van der Waals surface area contributed by atoms with Gasteiger partial charge in [-0.3, -0.25) is 14.5 Å². The summed E-state index contributed by atoms with van der Waals surface area (Å²) in [5, 5.41) is 12.2. The number of ether oxygens (including phenoxy) is 1. The molecule has 1 atom stereocenters. The molecule has 1 unspecified atom stereocenters. The fraction of sp³-hybridized carbons (Fsp3) is 0.303. The number of carbonyl (C=O) groups excluding carboxylic acids is 2. The van der Waals surface area contributed by atoms with E-state index in [-0.39, 0.29) is 22.2 Å². The van der Waals surface area contributed by atoms with Crippen LogP contribution in [-0.2, 0) is 20.4 Å². The van der Waals surface area contributed by atoms with E-state index in [0.29, 0.717) is 22.0 Å². The highest BCUT2D eigenvalue weighted by atomic mass is 32.1. The maximum absolute atomic E-state index is 13.7. The second kappa shape index (κ2) is 9.89. The molecule has 1 amide bonds. The summed E-state index contributed by atoms with van der Waals surface area (Å²) in [5.41, 5.74) is 3.62. The van der Waals surface area contributed by atoms with Gasteiger partial charge >= 0.3 is 5.91 Å². The van der Waals surface area contributed by atoms with Gasteiger partial charge in [0.1, 0.15) is 11.5 Å². The average molecular weight is 555 g/mol. The summed E-state index contributed by atoms with van der Waals surface area (Å²) in [5.74, 6) is -1.34. The number of methoxy groups -OCH3 is 1. The fourth-order valence-electron chi connectivity index (χ4n) is 4.98. The van der Waals surface area contributed by atoms with Crippen molar-refractivity contribution in [3.05, 3.63) is 94.6 Å². The van der Waals surface area contributed by atoms with Gasteiger partial charge in [0.2, 0.25) is 0 Å². The molecule has 206 valence electrons. The number of hydrogen-bond donors (Lipinski definition) is 1. The zero-order valence-electron chi connectivity index (χ0n) is 23.9. The number of anilines is 1. The monoisotopic (exact) mass is 554 g/mol. The lowest BCUT2D eigenvalue weighted by molar-refractivity contribution is -0.132. The predicted octanol–water partition coefficient (Wildman–Crippen LogP) is 7.53. The summed E-state index contributed by atoms with van der Waals surface area (Å²) < 4.78 is 6.49. The second-order valence-electron chi connectivity index (χ2n) is 12.2. The molecule has 1 fully saturated rings. The summed E-state index contributed by atoms with van der Waals surface area (Å²) in [7, 11) is 1.52. The summed E-state index contributed by atoms with van der Waals surface area (Å²) >= 11 is 1.34. The summed E-state index contributed by atoms with van der Waals surface area (Å²) in [6, 6.07) is 20.2. The van der Waals surface area contributed by atoms with E-state index in [1.807, 2.05) is 60.7 Å². The molecule has 1 aliphatic rings. The molecule has 0 spiro atoms. The van der Waals surface area contributed by atoms with Crippen molar-refractivity contribution in [1.29, 1.82) is 0 Å². The molecule has 1 N–H and O–H groups in total.